The van der Waals surface area contributed by atoms with Gasteiger partial charge in [0.05, 0.1) is 5.69 Å². The summed E-state index contributed by atoms with van der Waals surface area (Å²) in [5.74, 6) is 0. The van der Waals surface area contributed by atoms with Crippen LogP contribution in [0.1, 0.15) is 26.3 Å². The highest BCUT2D eigenvalue weighted by molar-refractivity contribution is 5.88. The van der Waals surface area contributed by atoms with E-state index in [1.165, 1.54) is 0 Å². The van der Waals surface area contributed by atoms with Gasteiger partial charge in [0.1, 0.15) is 5.52 Å². The molecule has 0 radical (unpaired) electrons. The van der Waals surface area contributed by atoms with Gasteiger partial charge < -0.3 is 5.73 Å². The molecule has 0 atom stereocenters. The highest BCUT2D eigenvalue weighted by Crippen LogP contribution is 2.30. The van der Waals surface area contributed by atoms with Gasteiger partial charge in [0, 0.05) is 0 Å². The Hall–Kier alpha value is -1.58. The molecular weight excluding hydrogens is 178 g/mol. The van der Waals surface area contributed by atoms with Crippen molar-refractivity contribution < 1.29 is 4.63 Å². The molecule has 1 heterocycles. The van der Waals surface area contributed by atoms with Crippen LogP contribution in [0.15, 0.2) is 16.8 Å². The summed E-state index contributed by atoms with van der Waals surface area (Å²) in [6.07, 6.45) is 0. The number of rotatable bonds is 0. The number of hydrogen-bond acceptors (Lipinski definition) is 4. The molecule has 0 fully saturated rings. The van der Waals surface area contributed by atoms with Gasteiger partial charge in [-0.1, -0.05) is 26.8 Å². The molecule has 0 unspecified atom stereocenters. The topological polar surface area (TPSA) is 64.9 Å². The molecule has 4 nitrogen and oxygen atoms in total. The zero-order valence-corrected chi connectivity index (χ0v) is 8.53. The molecule has 0 saturated carbocycles. The average Bonchev–Trinajstić information content (AvgIpc) is 2.50. The first kappa shape index (κ1) is 8.99. The van der Waals surface area contributed by atoms with Crippen LogP contribution in [0.3, 0.4) is 0 Å². The summed E-state index contributed by atoms with van der Waals surface area (Å²) in [6, 6.07) is 3.81. The molecule has 0 aliphatic heterocycles. The molecule has 0 aliphatic carbocycles. The Morgan fingerprint density at radius 2 is 1.79 bits per heavy atom. The first-order valence-electron chi connectivity index (χ1n) is 4.51. The molecular formula is C10H13N3O. The number of fused-ring (bicyclic) bond motifs is 1. The Morgan fingerprint density at radius 3 is 2.43 bits per heavy atom. The van der Waals surface area contributed by atoms with Crippen molar-refractivity contribution in [3.8, 4) is 0 Å². The first-order chi connectivity index (χ1) is 6.50. The molecule has 0 amide bonds. The van der Waals surface area contributed by atoms with Crippen molar-refractivity contribution in [2.75, 3.05) is 5.73 Å². The van der Waals surface area contributed by atoms with Crippen molar-refractivity contribution in [1.82, 2.24) is 10.3 Å². The lowest BCUT2D eigenvalue weighted by molar-refractivity contribution is 0.315. The first-order valence-corrected chi connectivity index (χ1v) is 4.51. The Balaban J connectivity index is 2.80. The van der Waals surface area contributed by atoms with Gasteiger partial charge in [-0.05, 0) is 27.4 Å². The largest absolute Gasteiger partial charge is 0.397 e. The average molecular weight is 191 g/mol. The zero-order chi connectivity index (χ0) is 10.3. The molecule has 1 aromatic carbocycles. The number of nitrogens with zero attached hydrogens (tertiary/aromatic N) is 2. The van der Waals surface area contributed by atoms with Crippen molar-refractivity contribution in [2.45, 2.75) is 26.2 Å². The fraction of sp³-hybridized carbons (Fsp3) is 0.400. The Bertz CT molecular complexity index is 468. The van der Waals surface area contributed by atoms with Gasteiger partial charge >= 0.3 is 0 Å². The fourth-order valence-corrected chi connectivity index (χ4v) is 1.49. The van der Waals surface area contributed by atoms with Gasteiger partial charge in [-0.25, -0.2) is 4.63 Å². The smallest absolute Gasteiger partial charge is 0.158 e. The third-order valence-corrected chi connectivity index (χ3v) is 2.25. The van der Waals surface area contributed by atoms with Gasteiger partial charge in [0.2, 0.25) is 0 Å². The van der Waals surface area contributed by atoms with Crippen LogP contribution in [0, 0.1) is 0 Å². The molecule has 1 aromatic heterocycles. The summed E-state index contributed by atoms with van der Waals surface area (Å²) in [5.41, 5.74) is 8.89. The third-order valence-electron chi connectivity index (χ3n) is 2.25. The van der Waals surface area contributed by atoms with Crippen molar-refractivity contribution in [3.63, 3.8) is 0 Å². The Morgan fingerprint density at radius 1 is 1.14 bits per heavy atom. The van der Waals surface area contributed by atoms with Crippen molar-refractivity contribution in [1.29, 1.82) is 0 Å². The highest BCUT2D eigenvalue weighted by atomic mass is 16.6. The summed E-state index contributed by atoms with van der Waals surface area (Å²) in [4.78, 5) is 0. The van der Waals surface area contributed by atoms with E-state index in [2.05, 4.69) is 31.1 Å². The summed E-state index contributed by atoms with van der Waals surface area (Å²) in [6.45, 7) is 6.35. The maximum absolute atomic E-state index is 5.75. The highest BCUT2D eigenvalue weighted by Gasteiger charge is 2.20. The maximum Gasteiger partial charge on any atom is 0.158 e. The minimum absolute atomic E-state index is 0.0184. The van der Waals surface area contributed by atoms with Gasteiger partial charge in [-0.2, -0.15) is 0 Å². The quantitative estimate of drug-likeness (QED) is 0.647. The zero-order valence-electron chi connectivity index (χ0n) is 8.53. The fourth-order valence-electron chi connectivity index (χ4n) is 1.49. The Labute approximate surface area is 82.0 Å². The number of aromatic nitrogens is 2. The van der Waals surface area contributed by atoms with Crippen LogP contribution in [0.2, 0.25) is 0 Å². The van der Waals surface area contributed by atoms with E-state index < -0.39 is 0 Å². The van der Waals surface area contributed by atoms with Gasteiger partial charge in [0.25, 0.3) is 0 Å². The van der Waals surface area contributed by atoms with E-state index in [1.807, 2.05) is 12.1 Å². The van der Waals surface area contributed by atoms with Crippen LogP contribution in [0.4, 0.5) is 5.69 Å². The summed E-state index contributed by atoms with van der Waals surface area (Å²) in [7, 11) is 0. The predicted octanol–water partition coefficient (Wildman–Crippen LogP) is 2.10. The summed E-state index contributed by atoms with van der Waals surface area (Å²) >= 11 is 0. The second-order valence-electron chi connectivity index (χ2n) is 4.41. The van der Waals surface area contributed by atoms with Crippen molar-refractivity contribution in [3.05, 3.63) is 17.7 Å². The molecule has 2 N–H and O–H groups in total. The number of nitrogen functional groups attached to an aromatic ring is 1. The molecule has 0 spiro atoms. The molecule has 4 heteroatoms. The predicted molar refractivity (Wildman–Crippen MR) is 54.9 cm³/mol. The number of anilines is 1. The maximum atomic E-state index is 5.75. The molecule has 0 aliphatic rings. The van der Waals surface area contributed by atoms with E-state index >= 15 is 0 Å². The third kappa shape index (κ3) is 1.23. The van der Waals surface area contributed by atoms with Crippen LogP contribution in [0.5, 0.6) is 0 Å². The normalized spacial score (nSPS) is 12.2. The number of hydrogen-bond donors (Lipinski definition) is 1. The summed E-state index contributed by atoms with van der Waals surface area (Å²) in [5, 5.41) is 7.66. The van der Waals surface area contributed by atoms with E-state index in [9.17, 15) is 0 Å². The lowest BCUT2D eigenvalue weighted by Crippen LogP contribution is -2.12. The second kappa shape index (κ2) is 2.70. The van der Waals surface area contributed by atoms with Crippen molar-refractivity contribution >= 4 is 16.7 Å². The lowest BCUT2D eigenvalue weighted by Gasteiger charge is -2.18. The van der Waals surface area contributed by atoms with Gasteiger partial charge in [-0.15, -0.1) is 0 Å². The van der Waals surface area contributed by atoms with Gasteiger partial charge in [0.15, 0.2) is 5.52 Å². The van der Waals surface area contributed by atoms with Crippen LogP contribution < -0.4 is 5.73 Å². The molecule has 2 rings (SSSR count). The Kier molecular flexibility index (Phi) is 1.74. The standard InChI is InChI=1S/C10H13N3O/c1-10(2,3)6-4-5-7(11)9-8(6)12-14-13-9/h4-5H,11H2,1-3H3. The summed E-state index contributed by atoms with van der Waals surface area (Å²) < 4.78 is 4.70. The van der Waals surface area contributed by atoms with Crippen LogP contribution in [-0.2, 0) is 5.41 Å². The molecule has 0 saturated heterocycles. The second-order valence-corrected chi connectivity index (χ2v) is 4.41. The minimum atomic E-state index is 0.0184. The SMILES string of the molecule is CC(C)(C)c1ccc(N)c2nonc12. The number of benzene rings is 1. The van der Waals surface area contributed by atoms with Crippen LogP contribution >= 0.6 is 0 Å². The van der Waals surface area contributed by atoms with E-state index in [4.69, 9.17) is 10.4 Å². The molecule has 0 bridgehead atoms. The lowest BCUT2D eigenvalue weighted by atomic mass is 9.86. The number of nitrogens with two attached hydrogens (primary N) is 1. The molecule has 2 aromatic rings. The van der Waals surface area contributed by atoms with Crippen LogP contribution in [0.25, 0.3) is 11.0 Å². The van der Waals surface area contributed by atoms with E-state index in [1.54, 1.807) is 0 Å². The minimum Gasteiger partial charge on any atom is -0.397 e. The monoisotopic (exact) mass is 191 g/mol. The van der Waals surface area contributed by atoms with Gasteiger partial charge in [-0.3, -0.25) is 0 Å². The van der Waals surface area contributed by atoms with Crippen LogP contribution in [-0.4, -0.2) is 10.3 Å². The van der Waals surface area contributed by atoms with E-state index in [0.717, 1.165) is 11.1 Å². The molecule has 14 heavy (non-hydrogen) atoms. The van der Waals surface area contributed by atoms with Crippen molar-refractivity contribution in [2.24, 2.45) is 0 Å². The molecule has 74 valence electrons. The van der Waals surface area contributed by atoms with E-state index in [-0.39, 0.29) is 5.41 Å². The van der Waals surface area contributed by atoms with E-state index in [0.29, 0.717) is 11.2 Å².